The number of rotatable bonds is 11. The topological polar surface area (TPSA) is 29.5 Å². The van der Waals surface area contributed by atoms with Gasteiger partial charge in [-0.25, -0.2) is 9.18 Å². The van der Waals surface area contributed by atoms with Gasteiger partial charge in [0.05, 0.1) is 12.2 Å². The molecule has 23 heavy (non-hydrogen) atoms. The van der Waals surface area contributed by atoms with Gasteiger partial charge in [-0.1, -0.05) is 26.7 Å². The summed E-state index contributed by atoms with van der Waals surface area (Å²) in [5.74, 6) is -0.729. The SMILES string of the molecule is CCCCN(CCCC)CCCOC(=O)c1ccc(F)cc1.Cl. The molecule has 1 aromatic carbocycles. The summed E-state index contributed by atoms with van der Waals surface area (Å²) in [5, 5.41) is 0. The minimum absolute atomic E-state index is 0. The van der Waals surface area contributed by atoms with Crippen LogP contribution in [0.25, 0.3) is 0 Å². The van der Waals surface area contributed by atoms with Gasteiger partial charge in [0.2, 0.25) is 0 Å². The van der Waals surface area contributed by atoms with Crippen molar-refractivity contribution in [1.82, 2.24) is 4.90 Å². The Morgan fingerprint density at radius 1 is 1.00 bits per heavy atom. The number of esters is 1. The Morgan fingerprint density at radius 3 is 2.04 bits per heavy atom. The van der Waals surface area contributed by atoms with Gasteiger partial charge >= 0.3 is 5.97 Å². The van der Waals surface area contributed by atoms with Gasteiger partial charge in [0.1, 0.15) is 5.82 Å². The fraction of sp³-hybridized carbons (Fsp3) is 0.611. The monoisotopic (exact) mass is 345 g/mol. The van der Waals surface area contributed by atoms with Crippen molar-refractivity contribution in [2.24, 2.45) is 0 Å². The number of nitrogens with zero attached hydrogens (tertiary/aromatic N) is 1. The van der Waals surface area contributed by atoms with Crippen molar-refractivity contribution in [2.75, 3.05) is 26.2 Å². The van der Waals surface area contributed by atoms with Crippen molar-refractivity contribution in [1.29, 1.82) is 0 Å². The molecule has 0 aromatic heterocycles. The minimum Gasteiger partial charge on any atom is -0.462 e. The maximum absolute atomic E-state index is 12.8. The van der Waals surface area contributed by atoms with Crippen LogP contribution in [0.2, 0.25) is 0 Å². The Hall–Kier alpha value is -1.13. The quantitative estimate of drug-likeness (QED) is 0.430. The van der Waals surface area contributed by atoms with Crippen molar-refractivity contribution in [3.63, 3.8) is 0 Å². The van der Waals surface area contributed by atoms with Crippen LogP contribution in [0.3, 0.4) is 0 Å². The van der Waals surface area contributed by atoms with Crippen molar-refractivity contribution in [3.8, 4) is 0 Å². The van der Waals surface area contributed by atoms with Crippen LogP contribution in [-0.2, 0) is 4.74 Å². The average molecular weight is 346 g/mol. The highest BCUT2D eigenvalue weighted by Crippen LogP contribution is 2.05. The molecule has 0 amide bonds. The first-order chi connectivity index (χ1) is 10.7. The molecule has 132 valence electrons. The number of carbonyl (C=O) groups excluding carboxylic acids is 1. The van der Waals surface area contributed by atoms with Gasteiger partial charge in [0.15, 0.2) is 0 Å². The summed E-state index contributed by atoms with van der Waals surface area (Å²) in [7, 11) is 0. The summed E-state index contributed by atoms with van der Waals surface area (Å²) < 4.78 is 18.0. The van der Waals surface area contributed by atoms with Crippen molar-refractivity contribution in [2.45, 2.75) is 46.0 Å². The second-order valence-electron chi connectivity index (χ2n) is 5.55. The number of carbonyl (C=O) groups is 1. The zero-order chi connectivity index (χ0) is 16.2. The molecule has 0 aliphatic heterocycles. The van der Waals surface area contributed by atoms with Gasteiger partial charge in [-0.2, -0.15) is 0 Å². The third-order valence-electron chi connectivity index (χ3n) is 3.59. The maximum Gasteiger partial charge on any atom is 0.338 e. The van der Waals surface area contributed by atoms with E-state index in [1.54, 1.807) is 0 Å². The highest BCUT2D eigenvalue weighted by Gasteiger charge is 2.08. The molecule has 0 aliphatic rings. The second kappa shape index (κ2) is 13.3. The molecule has 0 saturated heterocycles. The first-order valence-corrected chi connectivity index (χ1v) is 8.32. The Labute approximate surface area is 145 Å². The lowest BCUT2D eigenvalue weighted by Crippen LogP contribution is -2.28. The molecule has 0 N–H and O–H groups in total. The van der Waals surface area contributed by atoms with Crippen molar-refractivity contribution >= 4 is 18.4 Å². The molecule has 0 bridgehead atoms. The van der Waals surface area contributed by atoms with Gasteiger partial charge in [-0.15, -0.1) is 12.4 Å². The molecule has 1 rings (SSSR count). The fourth-order valence-corrected chi connectivity index (χ4v) is 2.22. The third-order valence-corrected chi connectivity index (χ3v) is 3.59. The van der Waals surface area contributed by atoms with Gasteiger partial charge in [0.25, 0.3) is 0 Å². The second-order valence-corrected chi connectivity index (χ2v) is 5.55. The number of hydrogen-bond donors (Lipinski definition) is 0. The molecule has 0 aliphatic carbocycles. The summed E-state index contributed by atoms with van der Waals surface area (Å²) in [6.45, 7) is 7.98. The Balaban J connectivity index is 0.00000484. The highest BCUT2D eigenvalue weighted by molar-refractivity contribution is 5.89. The van der Waals surface area contributed by atoms with E-state index in [0.717, 1.165) is 26.1 Å². The van der Waals surface area contributed by atoms with E-state index in [1.807, 2.05) is 0 Å². The van der Waals surface area contributed by atoms with E-state index >= 15 is 0 Å². The largest absolute Gasteiger partial charge is 0.462 e. The standard InChI is InChI=1S/C18H28FNO2.ClH/c1-3-5-12-20(13-6-4-2)14-7-15-22-18(21)16-8-10-17(19)11-9-16;/h8-11H,3-7,12-15H2,1-2H3;1H. The number of benzene rings is 1. The lowest BCUT2D eigenvalue weighted by Gasteiger charge is -2.21. The summed E-state index contributed by atoms with van der Waals surface area (Å²) in [6, 6.07) is 5.45. The maximum atomic E-state index is 12.8. The Bertz CT molecular complexity index is 418. The summed E-state index contributed by atoms with van der Waals surface area (Å²) in [4.78, 5) is 14.2. The zero-order valence-electron chi connectivity index (χ0n) is 14.2. The smallest absolute Gasteiger partial charge is 0.338 e. The van der Waals surface area contributed by atoms with Crippen LogP contribution in [-0.4, -0.2) is 37.1 Å². The molecule has 5 heteroatoms. The molecule has 0 atom stereocenters. The van der Waals surface area contributed by atoms with Crippen LogP contribution in [0.5, 0.6) is 0 Å². The highest BCUT2D eigenvalue weighted by atomic mass is 35.5. The molecule has 0 spiro atoms. The van der Waals surface area contributed by atoms with Crippen LogP contribution in [0.4, 0.5) is 4.39 Å². The first kappa shape index (κ1) is 21.9. The van der Waals surface area contributed by atoms with Gasteiger partial charge < -0.3 is 9.64 Å². The van der Waals surface area contributed by atoms with Crippen molar-refractivity contribution < 1.29 is 13.9 Å². The van der Waals surface area contributed by atoms with E-state index in [1.165, 1.54) is 49.9 Å². The first-order valence-electron chi connectivity index (χ1n) is 8.32. The molecule has 0 unspecified atom stereocenters. The summed E-state index contributed by atoms with van der Waals surface area (Å²) in [6.07, 6.45) is 5.64. The lowest BCUT2D eigenvalue weighted by atomic mass is 10.2. The number of halogens is 2. The average Bonchev–Trinajstić information content (AvgIpc) is 2.53. The van der Waals surface area contributed by atoms with Crippen LogP contribution >= 0.6 is 12.4 Å². The fourth-order valence-electron chi connectivity index (χ4n) is 2.22. The van der Waals surface area contributed by atoms with Crippen LogP contribution in [0.15, 0.2) is 24.3 Å². The summed E-state index contributed by atoms with van der Waals surface area (Å²) in [5.41, 5.74) is 0.398. The van der Waals surface area contributed by atoms with E-state index in [4.69, 9.17) is 4.74 Å². The molecule has 3 nitrogen and oxygen atoms in total. The zero-order valence-corrected chi connectivity index (χ0v) is 15.0. The molecule has 0 saturated carbocycles. The van der Waals surface area contributed by atoms with Crippen molar-refractivity contribution in [3.05, 3.63) is 35.6 Å². The van der Waals surface area contributed by atoms with Gasteiger partial charge in [0, 0.05) is 6.54 Å². The lowest BCUT2D eigenvalue weighted by molar-refractivity contribution is 0.0487. The van der Waals surface area contributed by atoms with E-state index < -0.39 is 0 Å². The van der Waals surface area contributed by atoms with Crippen LogP contribution < -0.4 is 0 Å². The normalized spacial score (nSPS) is 10.4. The molecule has 1 aromatic rings. The van der Waals surface area contributed by atoms with E-state index in [-0.39, 0.29) is 24.2 Å². The van der Waals surface area contributed by atoms with Gasteiger partial charge in [-0.3, -0.25) is 0 Å². The molecule has 0 heterocycles. The molecule has 0 radical (unpaired) electrons. The van der Waals surface area contributed by atoms with Crippen LogP contribution in [0.1, 0.15) is 56.3 Å². The van der Waals surface area contributed by atoms with E-state index in [2.05, 4.69) is 18.7 Å². The predicted octanol–water partition coefficient (Wildman–Crippen LogP) is 4.70. The number of hydrogen-bond acceptors (Lipinski definition) is 3. The number of unbranched alkanes of at least 4 members (excludes halogenated alkanes) is 2. The Morgan fingerprint density at radius 2 is 1.52 bits per heavy atom. The van der Waals surface area contributed by atoms with Crippen LogP contribution in [0, 0.1) is 5.82 Å². The molecule has 0 fully saturated rings. The third kappa shape index (κ3) is 9.57. The Kier molecular flexibility index (Phi) is 12.7. The molecular weight excluding hydrogens is 317 g/mol. The number of ether oxygens (including phenoxy) is 1. The summed E-state index contributed by atoms with van der Waals surface area (Å²) >= 11 is 0. The van der Waals surface area contributed by atoms with Gasteiger partial charge in [-0.05, 0) is 56.6 Å². The van der Waals surface area contributed by atoms with E-state index in [9.17, 15) is 9.18 Å². The van der Waals surface area contributed by atoms with E-state index in [0.29, 0.717) is 12.2 Å². The molecular formula is C18H29ClFNO2. The minimum atomic E-state index is -0.381. The predicted molar refractivity (Wildman–Crippen MR) is 94.8 cm³/mol.